The van der Waals surface area contributed by atoms with Crippen molar-refractivity contribution in [1.82, 2.24) is 4.90 Å². The lowest BCUT2D eigenvalue weighted by atomic mass is 10.1. The first-order valence-electron chi connectivity index (χ1n) is 7.66. The Balaban J connectivity index is 1.72. The lowest BCUT2D eigenvalue weighted by Crippen LogP contribution is -2.33. The number of thioether (sulfide) groups is 1. The summed E-state index contributed by atoms with van der Waals surface area (Å²) in [7, 11) is 0. The maximum Gasteiger partial charge on any atom is 0.267 e. The molecule has 2 aromatic carbocycles. The van der Waals surface area contributed by atoms with Crippen molar-refractivity contribution in [1.29, 1.82) is 0 Å². The van der Waals surface area contributed by atoms with Crippen LogP contribution >= 0.6 is 24.0 Å². The van der Waals surface area contributed by atoms with E-state index in [1.54, 1.807) is 4.90 Å². The third kappa shape index (κ3) is 3.68. The van der Waals surface area contributed by atoms with Crippen molar-refractivity contribution in [2.45, 2.75) is 13.8 Å². The Kier molecular flexibility index (Phi) is 5.02. The molecule has 122 valence electrons. The van der Waals surface area contributed by atoms with Crippen molar-refractivity contribution in [3.05, 3.63) is 70.1 Å². The van der Waals surface area contributed by atoms with E-state index < -0.39 is 0 Å². The van der Waals surface area contributed by atoms with E-state index in [2.05, 4.69) is 31.3 Å². The molecule has 0 bridgehead atoms. The van der Waals surface area contributed by atoms with Gasteiger partial charge in [-0.15, -0.1) is 0 Å². The average molecular weight is 355 g/mol. The molecule has 1 fully saturated rings. The minimum absolute atomic E-state index is 0.0499. The van der Waals surface area contributed by atoms with Gasteiger partial charge in [0.2, 0.25) is 0 Å². The van der Waals surface area contributed by atoms with Crippen LogP contribution in [0.5, 0.6) is 0 Å². The number of nitrogens with one attached hydrogen (secondary N) is 1. The molecule has 1 heterocycles. The van der Waals surface area contributed by atoms with Crippen molar-refractivity contribution in [2.75, 3.05) is 12.0 Å². The van der Waals surface area contributed by atoms with Crippen molar-refractivity contribution >= 4 is 46.0 Å². The number of rotatable bonds is 4. The van der Waals surface area contributed by atoms with Gasteiger partial charge in [0.15, 0.2) is 0 Å². The molecule has 0 saturated carbocycles. The summed E-state index contributed by atoms with van der Waals surface area (Å²) in [5, 5.41) is 3.30. The highest BCUT2D eigenvalue weighted by Gasteiger charge is 2.31. The predicted octanol–water partition coefficient (Wildman–Crippen LogP) is 4.57. The molecule has 1 saturated heterocycles. The summed E-state index contributed by atoms with van der Waals surface area (Å²) in [6, 6.07) is 16.0. The first-order chi connectivity index (χ1) is 11.5. The maximum atomic E-state index is 12.6. The number of hydrogen-bond acceptors (Lipinski definition) is 4. The lowest BCUT2D eigenvalue weighted by molar-refractivity contribution is -0.121. The molecule has 3 nitrogen and oxygen atoms in total. The molecule has 0 aromatic heterocycles. The molecule has 24 heavy (non-hydrogen) atoms. The van der Waals surface area contributed by atoms with E-state index in [-0.39, 0.29) is 5.91 Å². The molecule has 0 aliphatic carbocycles. The number of carbonyl (C=O) groups excluding carboxylic acids is 1. The van der Waals surface area contributed by atoms with Crippen LogP contribution in [0.15, 0.2) is 53.4 Å². The summed E-state index contributed by atoms with van der Waals surface area (Å²) in [6.45, 7) is 4.49. The van der Waals surface area contributed by atoms with Gasteiger partial charge in [0.25, 0.3) is 5.91 Å². The van der Waals surface area contributed by atoms with E-state index in [4.69, 9.17) is 12.2 Å². The van der Waals surface area contributed by atoms with Crippen LogP contribution in [0, 0.1) is 13.8 Å². The summed E-state index contributed by atoms with van der Waals surface area (Å²) >= 11 is 6.71. The van der Waals surface area contributed by atoms with E-state index in [1.165, 1.54) is 17.3 Å². The molecule has 5 heteroatoms. The van der Waals surface area contributed by atoms with E-state index >= 15 is 0 Å². The standard InChI is InChI=1S/C19H18N2OS2/c1-13-8-9-16(14(2)10-13)20-12-21-18(22)17(24-19(21)23)11-15-6-4-3-5-7-15/h3-11,20H,12H2,1-2H3/b17-11-. The topological polar surface area (TPSA) is 32.3 Å². The minimum atomic E-state index is -0.0499. The van der Waals surface area contributed by atoms with Gasteiger partial charge in [0.1, 0.15) is 4.32 Å². The average Bonchev–Trinajstić information content (AvgIpc) is 2.82. The zero-order valence-corrected chi connectivity index (χ0v) is 15.2. The molecule has 1 N–H and O–H groups in total. The molecule has 2 aromatic rings. The molecule has 0 unspecified atom stereocenters. The molecule has 0 atom stereocenters. The van der Waals surface area contributed by atoms with Crippen LogP contribution in [0.2, 0.25) is 0 Å². The normalized spacial score (nSPS) is 16.1. The Morgan fingerprint density at radius 2 is 1.92 bits per heavy atom. The van der Waals surface area contributed by atoms with Crippen LogP contribution in [-0.4, -0.2) is 21.8 Å². The molecule has 3 rings (SSSR count). The Bertz CT molecular complexity index is 815. The van der Waals surface area contributed by atoms with Gasteiger partial charge in [-0.3, -0.25) is 9.69 Å². The van der Waals surface area contributed by atoms with Gasteiger partial charge < -0.3 is 5.32 Å². The van der Waals surface area contributed by atoms with Gasteiger partial charge in [-0.25, -0.2) is 0 Å². The number of nitrogens with zero attached hydrogens (tertiary/aromatic N) is 1. The monoisotopic (exact) mass is 354 g/mol. The zero-order valence-electron chi connectivity index (χ0n) is 13.6. The largest absolute Gasteiger partial charge is 0.367 e. The fraction of sp³-hybridized carbons (Fsp3) is 0.158. The fourth-order valence-electron chi connectivity index (χ4n) is 2.51. The smallest absolute Gasteiger partial charge is 0.267 e. The van der Waals surface area contributed by atoms with Gasteiger partial charge in [-0.2, -0.15) is 0 Å². The SMILES string of the molecule is Cc1ccc(NCN2C(=O)/C(=C/c3ccccc3)SC2=S)c(C)c1. The third-order valence-electron chi connectivity index (χ3n) is 3.78. The molecule has 1 aliphatic heterocycles. The third-order valence-corrected chi connectivity index (χ3v) is 5.16. The molecule has 1 amide bonds. The Labute approximate surface area is 151 Å². The maximum absolute atomic E-state index is 12.6. The van der Waals surface area contributed by atoms with E-state index in [1.807, 2.05) is 42.5 Å². The van der Waals surface area contributed by atoms with Crippen LogP contribution in [-0.2, 0) is 4.79 Å². The van der Waals surface area contributed by atoms with Gasteiger partial charge in [0.05, 0.1) is 11.6 Å². The number of hydrogen-bond donors (Lipinski definition) is 1. The highest BCUT2D eigenvalue weighted by Crippen LogP contribution is 2.32. The lowest BCUT2D eigenvalue weighted by Gasteiger charge is -2.17. The molecular formula is C19H18N2OS2. The number of amides is 1. The van der Waals surface area contributed by atoms with Crippen LogP contribution in [0.4, 0.5) is 5.69 Å². The fourth-order valence-corrected chi connectivity index (χ4v) is 3.77. The molecule has 0 radical (unpaired) electrons. The number of aryl methyl sites for hydroxylation is 2. The van der Waals surface area contributed by atoms with E-state index in [0.717, 1.165) is 16.8 Å². The van der Waals surface area contributed by atoms with Crippen LogP contribution < -0.4 is 5.32 Å². The zero-order chi connectivity index (χ0) is 17.1. The molecular weight excluding hydrogens is 336 g/mol. The van der Waals surface area contributed by atoms with Crippen molar-refractivity contribution in [3.8, 4) is 0 Å². The van der Waals surface area contributed by atoms with E-state index in [9.17, 15) is 4.79 Å². The van der Waals surface area contributed by atoms with Gasteiger partial charge in [-0.05, 0) is 37.1 Å². The summed E-state index contributed by atoms with van der Waals surface area (Å²) in [5.41, 5.74) is 4.39. The van der Waals surface area contributed by atoms with Crippen molar-refractivity contribution in [3.63, 3.8) is 0 Å². The highest BCUT2D eigenvalue weighted by atomic mass is 32.2. The number of anilines is 1. The minimum Gasteiger partial charge on any atom is -0.367 e. The highest BCUT2D eigenvalue weighted by molar-refractivity contribution is 8.26. The Hall–Kier alpha value is -2.11. The Morgan fingerprint density at radius 1 is 1.17 bits per heavy atom. The van der Waals surface area contributed by atoms with Crippen LogP contribution in [0.1, 0.15) is 16.7 Å². The first kappa shape index (κ1) is 16.7. The van der Waals surface area contributed by atoms with E-state index in [0.29, 0.717) is 15.9 Å². The van der Waals surface area contributed by atoms with Gasteiger partial charge in [0, 0.05) is 5.69 Å². The predicted molar refractivity (Wildman–Crippen MR) is 106 cm³/mol. The van der Waals surface area contributed by atoms with Gasteiger partial charge >= 0.3 is 0 Å². The summed E-state index contributed by atoms with van der Waals surface area (Å²) in [5.74, 6) is -0.0499. The Morgan fingerprint density at radius 3 is 2.62 bits per heavy atom. The second-order valence-electron chi connectivity index (χ2n) is 5.67. The quantitative estimate of drug-likeness (QED) is 0.644. The van der Waals surface area contributed by atoms with Gasteiger partial charge in [-0.1, -0.05) is 72.0 Å². The first-order valence-corrected chi connectivity index (χ1v) is 8.88. The summed E-state index contributed by atoms with van der Waals surface area (Å²) in [4.78, 5) is 14.9. The summed E-state index contributed by atoms with van der Waals surface area (Å²) in [6.07, 6.45) is 1.89. The van der Waals surface area contributed by atoms with Crippen molar-refractivity contribution in [2.24, 2.45) is 0 Å². The van der Waals surface area contributed by atoms with Crippen LogP contribution in [0.25, 0.3) is 6.08 Å². The molecule has 1 aliphatic rings. The number of thiocarbonyl (C=S) groups is 1. The van der Waals surface area contributed by atoms with Crippen molar-refractivity contribution < 1.29 is 4.79 Å². The number of carbonyl (C=O) groups is 1. The second-order valence-corrected chi connectivity index (χ2v) is 7.35. The van der Waals surface area contributed by atoms with Crippen LogP contribution in [0.3, 0.4) is 0 Å². The number of benzene rings is 2. The summed E-state index contributed by atoms with van der Waals surface area (Å²) < 4.78 is 0.583. The molecule has 0 spiro atoms. The second kappa shape index (κ2) is 7.20.